The number of nitrogens with one attached hydrogen (secondary N) is 1. The Kier molecular flexibility index (Phi) is 5.23. The van der Waals surface area contributed by atoms with Gasteiger partial charge in [0.15, 0.2) is 0 Å². The standard InChI is InChI=1S/C16H24N2OS/c1-2-4-16(14(3-1)13-17-15-5-6-15)19-10-7-18-8-11-20-12-9-18/h1-4,15,17H,5-13H2. The second kappa shape index (κ2) is 7.34. The molecule has 1 aliphatic carbocycles. The lowest BCUT2D eigenvalue weighted by Crippen LogP contribution is -2.35. The van der Waals surface area contributed by atoms with Crippen molar-refractivity contribution in [3.05, 3.63) is 29.8 Å². The first-order valence-corrected chi connectivity index (χ1v) is 8.81. The number of benzene rings is 1. The van der Waals surface area contributed by atoms with E-state index in [1.54, 1.807) is 0 Å². The smallest absolute Gasteiger partial charge is 0.123 e. The zero-order valence-electron chi connectivity index (χ0n) is 12.0. The maximum Gasteiger partial charge on any atom is 0.123 e. The van der Waals surface area contributed by atoms with Crippen molar-refractivity contribution in [3.8, 4) is 5.75 Å². The predicted octanol–water partition coefficient (Wildman–Crippen LogP) is 2.37. The normalized spacial score (nSPS) is 20.0. The second-order valence-electron chi connectivity index (χ2n) is 5.57. The molecule has 3 nitrogen and oxygen atoms in total. The van der Waals surface area contributed by atoms with Gasteiger partial charge in [0.2, 0.25) is 0 Å². The van der Waals surface area contributed by atoms with E-state index in [1.807, 2.05) is 0 Å². The molecule has 1 saturated heterocycles. The SMILES string of the molecule is c1ccc(OCCN2CCSCC2)c(CNC2CC2)c1. The van der Waals surface area contributed by atoms with Gasteiger partial charge in [0.25, 0.3) is 0 Å². The molecule has 0 amide bonds. The van der Waals surface area contributed by atoms with Gasteiger partial charge < -0.3 is 10.1 Å². The van der Waals surface area contributed by atoms with Crippen molar-refractivity contribution in [1.29, 1.82) is 0 Å². The number of hydrogen-bond donors (Lipinski definition) is 1. The van der Waals surface area contributed by atoms with Gasteiger partial charge in [-0.05, 0) is 18.9 Å². The van der Waals surface area contributed by atoms with Crippen molar-refractivity contribution in [3.63, 3.8) is 0 Å². The molecule has 0 atom stereocenters. The molecule has 2 fully saturated rings. The molecule has 1 aliphatic heterocycles. The lowest BCUT2D eigenvalue weighted by Gasteiger charge is -2.26. The molecule has 1 aromatic rings. The van der Waals surface area contributed by atoms with Crippen molar-refractivity contribution < 1.29 is 4.74 Å². The maximum absolute atomic E-state index is 6.00. The number of nitrogens with zero attached hydrogens (tertiary/aromatic N) is 1. The lowest BCUT2D eigenvalue weighted by atomic mass is 10.2. The minimum absolute atomic E-state index is 0.744. The molecular weight excluding hydrogens is 268 g/mol. The van der Waals surface area contributed by atoms with Gasteiger partial charge >= 0.3 is 0 Å². The number of ether oxygens (including phenoxy) is 1. The molecule has 0 unspecified atom stereocenters. The Balaban J connectivity index is 1.45. The van der Waals surface area contributed by atoms with Crippen molar-refractivity contribution in [2.45, 2.75) is 25.4 Å². The quantitative estimate of drug-likeness (QED) is 0.834. The molecule has 1 heterocycles. The first-order chi connectivity index (χ1) is 9.92. The Hall–Kier alpha value is -0.710. The molecule has 2 aliphatic rings. The van der Waals surface area contributed by atoms with Crippen molar-refractivity contribution in [1.82, 2.24) is 10.2 Å². The molecule has 0 radical (unpaired) electrons. The Morgan fingerprint density at radius 2 is 2.00 bits per heavy atom. The summed E-state index contributed by atoms with van der Waals surface area (Å²) in [7, 11) is 0. The van der Waals surface area contributed by atoms with Crippen LogP contribution in [0.15, 0.2) is 24.3 Å². The summed E-state index contributed by atoms with van der Waals surface area (Å²) in [5.74, 6) is 3.58. The fourth-order valence-electron chi connectivity index (χ4n) is 2.44. The zero-order chi connectivity index (χ0) is 13.6. The molecule has 0 bridgehead atoms. The Morgan fingerprint density at radius 1 is 1.20 bits per heavy atom. The lowest BCUT2D eigenvalue weighted by molar-refractivity contribution is 0.221. The number of thioether (sulfide) groups is 1. The number of para-hydroxylation sites is 1. The third-order valence-corrected chi connectivity index (χ3v) is 4.84. The molecular formula is C16H24N2OS. The topological polar surface area (TPSA) is 24.5 Å². The summed E-state index contributed by atoms with van der Waals surface area (Å²) in [6.45, 7) is 5.19. The van der Waals surface area contributed by atoms with Crippen LogP contribution >= 0.6 is 11.8 Å². The fourth-order valence-corrected chi connectivity index (χ4v) is 3.42. The summed E-state index contributed by atoms with van der Waals surface area (Å²) < 4.78 is 6.00. The molecule has 110 valence electrons. The minimum Gasteiger partial charge on any atom is -0.492 e. The summed E-state index contributed by atoms with van der Waals surface area (Å²) in [6, 6.07) is 9.17. The molecule has 0 spiro atoms. The average Bonchev–Trinajstić information content (AvgIpc) is 3.32. The van der Waals surface area contributed by atoms with Crippen LogP contribution in [-0.2, 0) is 6.54 Å². The summed E-state index contributed by atoms with van der Waals surface area (Å²) in [5.41, 5.74) is 1.29. The maximum atomic E-state index is 6.00. The van der Waals surface area contributed by atoms with Crippen LogP contribution in [0.25, 0.3) is 0 Å². The summed E-state index contributed by atoms with van der Waals surface area (Å²) in [6.07, 6.45) is 2.66. The third kappa shape index (κ3) is 4.40. The third-order valence-electron chi connectivity index (χ3n) is 3.90. The van der Waals surface area contributed by atoms with Crippen LogP contribution in [0.2, 0.25) is 0 Å². The molecule has 20 heavy (non-hydrogen) atoms. The van der Waals surface area contributed by atoms with E-state index in [9.17, 15) is 0 Å². The average molecular weight is 292 g/mol. The van der Waals surface area contributed by atoms with Gasteiger partial charge in [-0.3, -0.25) is 4.90 Å². The van der Waals surface area contributed by atoms with Crippen LogP contribution in [0.4, 0.5) is 0 Å². The molecule has 1 N–H and O–H groups in total. The van der Waals surface area contributed by atoms with Gasteiger partial charge in [-0.15, -0.1) is 0 Å². The predicted molar refractivity (Wildman–Crippen MR) is 85.6 cm³/mol. The first kappa shape index (κ1) is 14.2. The van der Waals surface area contributed by atoms with Gasteiger partial charge in [-0.25, -0.2) is 0 Å². The molecule has 3 rings (SSSR count). The number of hydrogen-bond acceptors (Lipinski definition) is 4. The monoisotopic (exact) mass is 292 g/mol. The Labute approximate surface area is 126 Å². The highest BCUT2D eigenvalue weighted by atomic mass is 32.2. The van der Waals surface area contributed by atoms with Gasteiger partial charge in [-0.1, -0.05) is 18.2 Å². The van der Waals surface area contributed by atoms with Gasteiger partial charge in [0.05, 0.1) is 0 Å². The fraction of sp³-hybridized carbons (Fsp3) is 0.625. The molecule has 1 saturated carbocycles. The van der Waals surface area contributed by atoms with Crippen LogP contribution in [0.1, 0.15) is 18.4 Å². The summed E-state index contributed by atoms with van der Waals surface area (Å²) >= 11 is 2.06. The van der Waals surface area contributed by atoms with Gasteiger partial charge in [0.1, 0.15) is 12.4 Å². The van der Waals surface area contributed by atoms with Crippen LogP contribution < -0.4 is 10.1 Å². The van der Waals surface area contributed by atoms with Crippen molar-refractivity contribution >= 4 is 11.8 Å². The zero-order valence-corrected chi connectivity index (χ0v) is 12.8. The number of rotatable bonds is 7. The van der Waals surface area contributed by atoms with Crippen LogP contribution in [-0.4, -0.2) is 48.7 Å². The van der Waals surface area contributed by atoms with E-state index in [2.05, 4.69) is 46.2 Å². The highest BCUT2D eigenvalue weighted by Crippen LogP contribution is 2.22. The van der Waals surface area contributed by atoms with Crippen molar-refractivity contribution in [2.24, 2.45) is 0 Å². The van der Waals surface area contributed by atoms with E-state index in [1.165, 1.54) is 43.0 Å². The van der Waals surface area contributed by atoms with Crippen LogP contribution in [0.3, 0.4) is 0 Å². The Morgan fingerprint density at radius 3 is 2.80 bits per heavy atom. The van der Waals surface area contributed by atoms with E-state index < -0.39 is 0 Å². The summed E-state index contributed by atoms with van der Waals surface area (Å²) in [4.78, 5) is 2.50. The highest BCUT2D eigenvalue weighted by Gasteiger charge is 2.20. The van der Waals surface area contributed by atoms with Crippen LogP contribution in [0, 0.1) is 0 Å². The van der Waals surface area contributed by atoms with E-state index in [4.69, 9.17) is 4.74 Å². The Bertz CT molecular complexity index is 417. The van der Waals surface area contributed by atoms with E-state index in [0.29, 0.717) is 0 Å². The molecule has 1 aromatic carbocycles. The largest absolute Gasteiger partial charge is 0.492 e. The van der Waals surface area contributed by atoms with E-state index >= 15 is 0 Å². The van der Waals surface area contributed by atoms with Crippen molar-refractivity contribution in [2.75, 3.05) is 37.7 Å². The second-order valence-corrected chi connectivity index (χ2v) is 6.79. The van der Waals surface area contributed by atoms with Gasteiger partial charge in [-0.2, -0.15) is 11.8 Å². The van der Waals surface area contributed by atoms with E-state index in [0.717, 1.165) is 31.5 Å². The molecule has 0 aromatic heterocycles. The van der Waals surface area contributed by atoms with Crippen LogP contribution in [0.5, 0.6) is 5.75 Å². The minimum atomic E-state index is 0.744. The van der Waals surface area contributed by atoms with Gasteiger partial charge in [0, 0.05) is 49.3 Å². The summed E-state index contributed by atoms with van der Waals surface area (Å²) in [5, 5.41) is 3.56. The van der Waals surface area contributed by atoms with E-state index in [-0.39, 0.29) is 0 Å². The first-order valence-electron chi connectivity index (χ1n) is 7.66. The molecule has 4 heteroatoms. The highest BCUT2D eigenvalue weighted by molar-refractivity contribution is 7.99.